The summed E-state index contributed by atoms with van der Waals surface area (Å²) in [5.41, 5.74) is 6.73. The Morgan fingerprint density at radius 1 is 1.38 bits per heavy atom. The minimum atomic E-state index is -0.162. The highest BCUT2D eigenvalue weighted by Crippen LogP contribution is 2.20. The maximum atomic E-state index is 9.60. The highest BCUT2D eigenvalue weighted by molar-refractivity contribution is 5.28. The molecule has 1 atom stereocenters. The van der Waals surface area contributed by atoms with Crippen LogP contribution in [0.25, 0.3) is 0 Å². The van der Waals surface area contributed by atoms with Crippen LogP contribution in [-0.2, 0) is 6.54 Å². The summed E-state index contributed by atoms with van der Waals surface area (Å²) in [6, 6.07) is 7.99. The normalized spacial score (nSPS) is 18.6. The Kier molecular flexibility index (Phi) is 6.49. The van der Waals surface area contributed by atoms with E-state index >= 15 is 0 Å². The van der Waals surface area contributed by atoms with Gasteiger partial charge in [0, 0.05) is 13.1 Å². The number of hydrogen-bond donors (Lipinski definition) is 2. The Morgan fingerprint density at radius 2 is 2.14 bits per heavy atom. The summed E-state index contributed by atoms with van der Waals surface area (Å²) in [5.74, 6) is 1.39. The monoisotopic (exact) mass is 292 g/mol. The fraction of sp³-hybridized carbons (Fsp3) is 0.647. The number of ether oxygens (including phenoxy) is 1. The average molecular weight is 292 g/mol. The maximum absolute atomic E-state index is 9.60. The predicted molar refractivity (Wildman–Crippen MR) is 85.3 cm³/mol. The molecule has 1 aromatic carbocycles. The summed E-state index contributed by atoms with van der Waals surface area (Å²) in [7, 11) is 0. The molecule has 1 aromatic rings. The molecule has 2 rings (SSSR count). The largest absolute Gasteiger partial charge is 0.494 e. The van der Waals surface area contributed by atoms with Crippen molar-refractivity contribution in [1.29, 1.82) is 0 Å². The number of aliphatic hydroxyl groups is 1. The second-order valence-corrected chi connectivity index (χ2v) is 5.97. The molecule has 4 nitrogen and oxygen atoms in total. The Labute approximate surface area is 127 Å². The number of hydrogen-bond acceptors (Lipinski definition) is 4. The Balaban J connectivity index is 1.62. The average Bonchev–Trinajstić information content (AvgIpc) is 2.52. The third kappa shape index (κ3) is 5.30. The van der Waals surface area contributed by atoms with Crippen LogP contribution in [0.1, 0.15) is 31.7 Å². The van der Waals surface area contributed by atoms with E-state index in [0.717, 1.165) is 56.8 Å². The first-order valence-electron chi connectivity index (χ1n) is 8.01. The maximum Gasteiger partial charge on any atom is 0.119 e. The van der Waals surface area contributed by atoms with Crippen LogP contribution in [0.2, 0.25) is 0 Å². The van der Waals surface area contributed by atoms with Crippen LogP contribution in [0, 0.1) is 5.92 Å². The summed E-state index contributed by atoms with van der Waals surface area (Å²) in [5, 5.41) is 9.60. The van der Waals surface area contributed by atoms with E-state index in [1.165, 1.54) is 0 Å². The molecule has 1 aliphatic heterocycles. The number of piperidine rings is 1. The lowest BCUT2D eigenvalue weighted by atomic mass is 9.92. The molecule has 21 heavy (non-hydrogen) atoms. The molecule has 1 heterocycles. The molecule has 0 spiro atoms. The van der Waals surface area contributed by atoms with Crippen molar-refractivity contribution in [1.82, 2.24) is 4.90 Å². The zero-order valence-electron chi connectivity index (χ0n) is 13.0. The molecule has 0 aliphatic carbocycles. The number of nitrogens with two attached hydrogens (primary N) is 1. The lowest BCUT2D eigenvalue weighted by molar-refractivity contribution is 0.0701. The molecule has 0 radical (unpaired) electrons. The van der Waals surface area contributed by atoms with E-state index in [-0.39, 0.29) is 6.10 Å². The highest BCUT2D eigenvalue weighted by Gasteiger charge is 2.21. The number of aliphatic hydroxyl groups excluding tert-OH is 1. The molecule has 118 valence electrons. The number of rotatable bonds is 7. The molecule has 0 saturated carbocycles. The van der Waals surface area contributed by atoms with Crippen molar-refractivity contribution in [3.05, 3.63) is 29.8 Å². The molecule has 4 heteroatoms. The Bertz CT molecular complexity index is 415. The fourth-order valence-corrected chi connectivity index (χ4v) is 2.90. The molecule has 1 unspecified atom stereocenters. The van der Waals surface area contributed by atoms with E-state index in [4.69, 9.17) is 10.5 Å². The molecule has 0 amide bonds. The first-order chi connectivity index (χ1) is 10.2. The van der Waals surface area contributed by atoms with Crippen LogP contribution in [-0.4, -0.2) is 42.4 Å². The van der Waals surface area contributed by atoms with E-state index in [2.05, 4.69) is 4.90 Å². The molecule has 0 bridgehead atoms. The molecule has 1 fully saturated rings. The van der Waals surface area contributed by atoms with E-state index in [0.29, 0.717) is 12.5 Å². The summed E-state index contributed by atoms with van der Waals surface area (Å²) in [6.45, 7) is 6.46. The van der Waals surface area contributed by atoms with Gasteiger partial charge >= 0.3 is 0 Å². The van der Waals surface area contributed by atoms with Gasteiger partial charge in [0.1, 0.15) is 5.75 Å². The molecule has 3 N–H and O–H groups in total. The third-order valence-corrected chi connectivity index (χ3v) is 4.34. The van der Waals surface area contributed by atoms with Gasteiger partial charge in [-0.05, 0) is 62.9 Å². The van der Waals surface area contributed by atoms with Crippen LogP contribution in [0.3, 0.4) is 0 Å². The predicted octanol–water partition coefficient (Wildman–Crippen LogP) is 2.01. The van der Waals surface area contributed by atoms with Gasteiger partial charge in [0.05, 0.1) is 12.7 Å². The zero-order chi connectivity index (χ0) is 15.1. The Hall–Kier alpha value is -1.10. The standard InChI is InChI=1S/C17H28N2O2/c1-14(20)16-6-9-19(10-7-16)8-3-11-21-17-5-2-4-15(12-17)13-18/h2,4-5,12,14,16,20H,3,6-11,13,18H2,1H3. The van der Waals surface area contributed by atoms with E-state index in [1.807, 2.05) is 31.2 Å². The molecule has 1 aliphatic rings. The van der Waals surface area contributed by atoms with Crippen LogP contribution >= 0.6 is 0 Å². The molecular weight excluding hydrogens is 264 g/mol. The minimum absolute atomic E-state index is 0.162. The van der Waals surface area contributed by atoms with Crippen LogP contribution in [0.5, 0.6) is 5.75 Å². The number of likely N-dealkylation sites (tertiary alicyclic amines) is 1. The second-order valence-electron chi connectivity index (χ2n) is 5.97. The van der Waals surface area contributed by atoms with Crippen molar-refractivity contribution < 1.29 is 9.84 Å². The van der Waals surface area contributed by atoms with Gasteiger partial charge < -0.3 is 20.5 Å². The first-order valence-corrected chi connectivity index (χ1v) is 8.01. The SMILES string of the molecule is CC(O)C1CCN(CCCOc2cccc(CN)c2)CC1. The third-order valence-electron chi connectivity index (χ3n) is 4.34. The minimum Gasteiger partial charge on any atom is -0.494 e. The summed E-state index contributed by atoms with van der Waals surface area (Å²) < 4.78 is 5.78. The lowest BCUT2D eigenvalue weighted by Gasteiger charge is -2.33. The molecule has 1 saturated heterocycles. The molecular formula is C17H28N2O2. The summed E-state index contributed by atoms with van der Waals surface area (Å²) in [6.07, 6.45) is 3.09. The van der Waals surface area contributed by atoms with Crippen LogP contribution < -0.4 is 10.5 Å². The van der Waals surface area contributed by atoms with Gasteiger partial charge in [-0.2, -0.15) is 0 Å². The van der Waals surface area contributed by atoms with Crippen LogP contribution in [0.4, 0.5) is 0 Å². The van der Waals surface area contributed by atoms with Crippen molar-refractivity contribution >= 4 is 0 Å². The Morgan fingerprint density at radius 3 is 2.81 bits per heavy atom. The van der Waals surface area contributed by atoms with Gasteiger partial charge in [-0.15, -0.1) is 0 Å². The summed E-state index contributed by atoms with van der Waals surface area (Å²) >= 11 is 0. The van der Waals surface area contributed by atoms with Crippen molar-refractivity contribution in [2.75, 3.05) is 26.2 Å². The van der Waals surface area contributed by atoms with Gasteiger partial charge in [0.15, 0.2) is 0 Å². The van der Waals surface area contributed by atoms with E-state index in [1.54, 1.807) is 0 Å². The second kappa shape index (κ2) is 8.37. The summed E-state index contributed by atoms with van der Waals surface area (Å²) in [4.78, 5) is 2.47. The van der Waals surface area contributed by atoms with Crippen molar-refractivity contribution in [2.45, 2.75) is 38.8 Å². The highest BCUT2D eigenvalue weighted by atomic mass is 16.5. The van der Waals surface area contributed by atoms with Gasteiger partial charge in [-0.3, -0.25) is 0 Å². The number of benzene rings is 1. The van der Waals surface area contributed by atoms with Gasteiger partial charge in [-0.1, -0.05) is 12.1 Å². The fourth-order valence-electron chi connectivity index (χ4n) is 2.90. The van der Waals surface area contributed by atoms with Gasteiger partial charge in [-0.25, -0.2) is 0 Å². The smallest absolute Gasteiger partial charge is 0.119 e. The lowest BCUT2D eigenvalue weighted by Crippen LogP contribution is -2.37. The first kappa shape index (κ1) is 16.3. The number of nitrogens with zero attached hydrogens (tertiary/aromatic N) is 1. The van der Waals surface area contributed by atoms with Crippen molar-refractivity contribution in [3.63, 3.8) is 0 Å². The zero-order valence-corrected chi connectivity index (χ0v) is 13.0. The quantitative estimate of drug-likeness (QED) is 0.755. The molecule has 0 aromatic heterocycles. The van der Waals surface area contributed by atoms with Crippen molar-refractivity contribution in [2.24, 2.45) is 11.7 Å². The van der Waals surface area contributed by atoms with Crippen LogP contribution in [0.15, 0.2) is 24.3 Å². The van der Waals surface area contributed by atoms with E-state index in [9.17, 15) is 5.11 Å². The van der Waals surface area contributed by atoms with E-state index < -0.39 is 0 Å². The topological polar surface area (TPSA) is 58.7 Å². The van der Waals surface area contributed by atoms with Gasteiger partial charge in [0.2, 0.25) is 0 Å². The van der Waals surface area contributed by atoms with Crippen molar-refractivity contribution in [3.8, 4) is 5.75 Å². The van der Waals surface area contributed by atoms with Gasteiger partial charge in [0.25, 0.3) is 0 Å².